The van der Waals surface area contributed by atoms with Gasteiger partial charge in [-0.05, 0) is 24.3 Å². The fourth-order valence-electron chi connectivity index (χ4n) is 2.77. The van der Waals surface area contributed by atoms with Gasteiger partial charge in [-0.3, -0.25) is 9.13 Å². The minimum atomic E-state index is -0.340. The van der Waals surface area contributed by atoms with E-state index in [-0.39, 0.29) is 12.2 Å². The number of hydrogen-bond acceptors (Lipinski definition) is 7. The van der Waals surface area contributed by atoms with Gasteiger partial charge in [-0.25, -0.2) is 19.9 Å². The third kappa shape index (κ3) is 2.68. The predicted molar refractivity (Wildman–Crippen MR) is 94.1 cm³/mol. The topological polar surface area (TPSA) is 120 Å². The van der Waals surface area contributed by atoms with Crippen molar-refractivity contribution in [2.24, 2.45) is 0 Å². The first kappa shape index (κ1) is 15.2. The largest absolute Gasteiger partial charge is 0.343 e. The number of hydrogen-bond donors (Lipinski definition) is 1. The van der Waals surface area contributed by atoms with E-state index >= 15 is 0 Å². The number of para-hydroxylation sites is 2. The monoisotopic (exact) mass is 360 g/mol. The zero-order valence-corrected chi connectivity index (χ0v) is 13.9. The number of nitrogens with one attached hydrogen (secondary N) is 1. The van der Waals surface area contributed by atoms with Crippen molar-refractivity contribution >= 4 is 11.0 Å². The highest BCUT2D eigenvalue weighted by Crippen LogP contribution is 2.19. The van der Waals surface area contributed by atoms with Crippen molar-refractivity contribution in [1.82, 2.24) is 39.4 Å². The van der Waals surface area contributed by atoms with E-state index in [0.29, 0.717) is 17.3 Å². The first-order valence-corrected chi connectivity index (χ1v) is 8.09. The van der Waals surface area contributed by atoms with Crippen molar-refractivity contribution in [3.05, 3.63) is 71.6 Å². The Balaban J connectivity index is 1.42. The molecule has 5 rings (SSSR count). The van der Waals surface area contributed by atoms with Gasteiger partial charge in [0.2, 0.25) is 11.7 Å². The standard InChI is InChI=1S/C17H12N8O2/c26-17-22-20-10-24(17)8-15-21-16(23-27-15)11-5-6-14(18-7-11)25-9-19-12-3-1-2-4-13(12)25/h1-7,9-10H,8H2,(H,22,26). The van der Waals surface area contributed by atoms with Crippen LogP contribution in [0.1, 0.15) is 5.89 Å². The number of nitrogens with zero attached hydrogens (tertiary/aromatic N) is 7. The minimum Gasteiger partial charge on any atom is -0.337 e. The summed E-state index contributed by atoms with van der Waals surface area (Å²) in [5.74, 6) is 1.44. The molecule has 1 aromatic carbocycles. The van der Waals surface area contributed by atoms with E-state index in [1.54, 1.807) is 12.5 Å². The molecule has 27 heavy (non-hydrogen) atoms. The maximum Gasteiger partial charge on any atom is 0.343 e. The van der Waals surface area contributed by atoms with Crippen LogP contribution in [0.5, 0.6) is 0 Å². The van der Waals surface area contributed by atoms with Crippen LogP contribution >= 0.6 is 0 Å². The van der Waals surface area contributed by atoms with Crippen molar-refractivity contribution in [1.29, 1.82) is 0 Å². The van der Waals surface area contributed by atoms with Crippen LogP contribution < -0.4 is 5.69 Å². The van der Waals surface area contributed by atoms with E-state index in [4.69, 9.17) is 4.52 Å². The second-order valence-electron chi connectivity index (χ2n) is 5.81. The molecule has 1 N–H and O–H groups in total. The van der Waals surface area contributed by atoms with Gasteiger partial charge in [-0.2, -0.15) is 10.1 Å². The Labute approximate surface area is 151 Å². The summed E-state index contributed by atoms with van der Waals surface area (Å²) in [7, 11) is 0. The van der Waals surface area contributed by atoms with Crippen LogP contribution in [-0.4, -0.2) is 39.4 Å². The molecule has 0 bridgehead atoms. The normalized spacial score (nSPS) is 11.3. The summed E-state index contributed by atoms with van der Waals surface area (Å²) in [6.45, 7) is 0.148. The molecule has 0 unspecified atom stereocenters. The second-order valence-corrected chi connectivity index (χ2v) is 5.81. The van der Waals surface area contributed by atoms with Gasteiger partial charge < -0.3 is 4.52 Å². The number of benzene rings is 1. The van der Waals surface area contributed by atoms with E-state index in [2.05, 4.69) is 30.3 Å². The molecule has 0 saturated carbocycles. The van der Waals surface area contributed by atoms with Crippen molar-refractivity contribution in [2.75, 3.05) is 0 Å². The lowest BCUT2D eigenvalue weighted by molar-refractivity contribution is 0.370. The Kier molecular flexibility index (Phi) is 3.39. The summed E-state index contributed by atoms with van der Waals surface area (Å²) in [5, 5.41) is 9.91. The van der Waals surface area contributed by atoms with Crippen LogP contribution in [0.4, 0.5) is 0 Å². The molecule has 132 valence electrons. The molecule has 0 saturated heterocycles. The lowest BCUT2D eigenvalue weighted by Gasteiger charge is -2.03. The quantitative estimate of drug-likeness (QED) is 0.514. The van der Waals surface area contributed by atoms with Crippen LogP contribution in [-0.2, 0) is 6.54 Å². The summed E-state index contributed by atoms with van der Waals surface area (Å²) >= 11 is 0. The molecule has 0 spiro atoms. The number of H-pyrrole nitrogens is 1. The van der Waals surface area contributed by atoms with Gasteiger partial charge in [-0.15, -0.1) is 0 Å². The molecule has 0 atom stereocenters. The summed E-state index contributed by atoms with van der Waals surface area (Å²) in [4.78, 5) is 24.6. The number of pyridine rings is 1. The molecule has 0 fully saturated rings. The van der Waals surface area contributed by atoms with E-state index < -0.39 is 0 Å². The van der Waals surface area contributed by atoms with Crippen molar-refractivity contribution in [2.45, 2.75) is 6.54 Å². The van der Waals surface area contributed by atoms with Crippen molar-refractivity contribution < 1.29 is 4.52 Å². The van der Waals surface area contributed by atoms with Crippen LogP contribution in [0, 0.1) is 0 Å². The molecule has 10 nitrogen and oxygen atoms in total. The third-order valence-corrected chi connectivity index (χ3v) is 4.10. The van der Waals surface area contributed by atoms with Crippen LogP contribution in [0.15, 0.2) is 64.6 Å². The first-order valence-electron chi connectivity index (χ1n) is 8.09. The van der Waals surface area contributed by atoms with Crippen molar-refractivity contribution in [3.8, 4) is 17.2 Å². The van der Waals surface area contributed by atoms with Gasteiger partial charge >= 0.3 is 5.69 Å². The van der Waals surface area contributed by atoms with E-state index in [9.17, 15) is 4.79 Å². The number of fused-ring (bicyclic) bond motifs is 1. The van der Waals surface area contributed by atoms with E-state index in [1.807, 2.05) is 41.0 Å². The molecule has 0 aliphatic heterocycles. The Hall–Kier alpha value is -4.08. The van der Waals surface area contributed by atoms with Gasteiger partial charge in [0.1, 0.15) is 25.0 Å². The number of rotatable bonds is 4. The summed E-state index contributed by atoms with van der Waals surface area (Å²) in [6.07, 6.45) is 4.78. The fraction of sp³-hybridized carbons (Fsp3) is 0.0588. The van der Waals surface area contributed by atoms with Gasteiger partial charge in [0.25, 0.3) is 0 Å². The van der Waals surface area contributed by atoms with Gasteiger partial charge in [0.15, 0.2) is 0 Å². The Morgan fingerprint density at radius 2 is 2.00 bits per heavy atom. The summed E-state index contributed by atoms with van der Waals surface area (Å²) in [5.41, 5.74) is 2.25. The average molecular weight is 360 g/mol. The summed E-state index contributed by atoms with van der Waals surface area (Å²) < 4.78 is 8.45. The Bertz CT molecular complexity index is 1280. The molecular formula is C17H12N8O2. The molecule has 10 heteroatoms. The maximum absolute atomic E-state index is 11.5. The first-order chi connectivity index (χ1) is 13.3. The highest BCUT2D eigenvalue weighted by atomic mass is 16.5. The van der Waals surface area contributed by atoms with Crippen LogP contribution in [0.25, 0.3) is 28.2 Å². The molecule has 0 radical (unpaired) electrons. The number of aromatic nitrogens is 8. The van der Waals surface area contributed by atoms with Gasteiger partial charge in [0.05, 0.1) is 11.0 Å². The SMILES string of the molecule is O=c1[nH]ncn1Cc1nc(-c2ccc(-n3cnc4ccccc43)nc2)no1. The number of aromatic amines is 1. The highest BCUT2D eigenvalue weighted by molar-refractivity contribution is 5.76. The Morgan fingerprint density at radius 1 is 1.07 bits per heavy atom. The van der Waals surface area contributed by atoms with Gasteiger partial charge in [0, 0.05) is 11.8 Å². The zero-order valence-electron chi connectivity index (χ0n) is 13.9. The molecule has 0 aliphatic carbocycles. The summed E-state index contributed by atoms with van der Waals surface area (Å²) in [6, 6.07) is 11.6. The second kappa shape index (κ2) is 6.02. The molecule has 4 aromatic heterocycles. The van der Waals surface area contributed by atoms with E-state index in [1.165, 1.54) is 10.9 Å². The van der Waals surface area contributed by atoms with E-state index in [0.717, 1.165) is 16.9 Å². The van der Waals surface area contributed by atoms with Crippen LogP contribution in [0.3, 0.4) is 0 Å². The zero-order chi connectivity index (χ0) is 18.2. The third-order valence-electron chi connectivity index (χ3n) is 4.10. The maximum atomic E-state index is 11.5. The highest BCUT2D eigenvalue weighted by Gasteiger charge is 2.12. The smallest absolute Gasteiger partial charge is 0.337 e. The van der Waals surface area contributed by atoms with Crippen molar-refractivity contribution in [3.63, 3.8) is 0 Å². The lowest BCUT2D eigenvalue weighted by atomic mass is 10.2. The molecule has 0 amide bonds. The molecule has 5 aromatic rings. The van der Waals surface area contributed by atoms with Crippen LogP contribution in [0.2, 0.25) is 0 Å². The average Bonchev–Trinajstić information content (AvgIpc) is 3.43. The minimum absolute atomic E-state index is 0.148. The number of imidazole rings is 1. The molecule has 0 aliphatic rings. The molecule has 4 heterocycles. The Morgan fingerprint density at radius 3 is 2.81 bits per heavy atom. The van der Waals surface area contributed by atoms with Gasteiger partial charge in [-0.1, -0.05) is 17.3 Å². The fourth-order valence-corrected chi connectivity index (χ4v) is 2.77. The molecular weight excluding hydrogens is 348 g/mol. The predicted octanol–water partition coefficient (Wildman–Crippen LogP) is 1.40. The lowest BCUT2D eigenvalue weighted by Crippen LogP contribution is -2.16.